The SMILES string of the molecule is CSc1ccccc1C(=O)c1cc(C)c(F)cc1Cl. The average Bonchev–Trinajstić information content (AvgIpc) is 2.42. The fraction of sp³-hybridized carbons (Fsp3) is 0.133. The predicted molar refractivity (Wildman–Crippen MR) is 77.8 cm³/mol. The van der Waals surface area contributed by atoms with E-state index in [1.165, 1.54) is 23.9 Å². The Kier molecular flexibility index (Phi) is 4.27. The number of halogens is 2. The van der Waals surface area contributed by atoms with Crippen LogP contribution in [0, 0.1) is 12.7 Å². The van der Waals surface area contributed by atoms with Gasteiger partial charge in [0.15, 0.2) is 5.78 Å². The molecule has 0 bridgehead atoms. The van der Waals surface area contributed by atoms with Gasteiger partial charge in [-0.2, -0.15) is 0 Å². The molecule has 1 nitrogen and oxygen atoms in total. The number of ketones is 1. The molecule has 0 fully saturated rings. The number of carbonyl (C=O) groups excluding carboxylic acids is 1. The summed E-state index contributed by atoms with van der Waals surface area (Å²) < 4.78 is 13.4. The molecule has 0 saturated carbocycles. The quantitative estimate of drug-likeness (QED) is 0.601. The molecule has 0 unspecified atom stereocenters. The number of carbonyl (C=O) groups is 1. The standard InChI is InChI=1S/C15H12ClFOS/c1-9-7-11(12(16)8-13(9)17)15(18)10-5-3-4-6-14(10)19-2/h3-8H,1-2H3. The summed E-state index contributed by atoms with van der Waals surface area (Å²) in [4.78, 5) is 13.4. The molecule has 2 aromatic rings. The lowest BCUT2D eigenvalue weighted by molar-refractivity contribution is 0.103. The molecule has 0 radical (unpaired) electrons. The topological polar surface area (TPSA) is 17.1 Å². The van der Waals surface area contributed by atoms with Gasteiger partial charge in [-0.05, 0) is 43.0 Å². The molecule has 0 spiro atoms. The second-order valence-corrected chi connectivity index (χ2v) is 5.37. The zero-order valence-corrected chi connectivity index (χ0v) is 12.1. The zero-order valence-electron chi connectivity index (χ0n) is 10.5. The van der Waals surface area contributed by atoms with Crippen LogP contribution in [0.3, 0.4) is 0 Å². The Labute approximate surface area is 120 Å². The van der Waals surface area contributed by atoms with E-state index in [1.54, 1.807) is 19.1 Å². The smallest absolute Gasteiger partial charge is 0.195 e. The third-order valence-corrected chi connectivity index (χ3v) is 3.95. The second kappa shape index (κ2) is 5.76. The maximum atomic E-state index is 13.4. The molecule has 19 heavy (non-hydrogen) atoms. The van der Waals surface area contributed by atoms with Crippen LogP contribution in [0.25, 0.3) is 0 Å². The Morgan fingerprint density at radius 2 is 1.89 bits per heavy atom. The lowest BCUT2D eigenvalue weighted by Crippen LogP contribution is -2.05. The molecule has 0 aromatic heterocycles. The van der Waals surface area contributed by atoms with Crippen molar-refractivity contribution in [3.8, 4) is 0 Å². The summed E-state index contributed by atoms with van der Waals surface area (Å²) >= 11 is 7.47. The predicted octanol–water partition coefficient (Wildman–Crippen LogP) is 4.74. The maximum Gasteiger partial charge on any atom is 0.195 e. The number of benzene rings is 2. The minimum atomic E-state index is -0.403. The van der Waals surface area contributed by atoms with Crippen LogP contribution in [0.15, 0.2) is 41.3 Å². The highest BCUT2D eigenvalue weighted by Crippen LogP contribution is 2.27. The van der Waals surface area contributed by atoms with Crippen molar-refractivity contribution in [2.45, 2.75) is 11.8 Å². The van der Waals surface area contributed by atoms with E-state index in [4.69, 9.17) is 11.6 Å². The van der Waals surface area contributed by atoms with Gasteiger partial charge in [0.1, 0.15) is 5.82 Å². The average molecular weight is 295 g/mol. The van der Waals surface area contributed by atoms with Gasteiger partial charge in [0, 0.05) is 16.0 Å². The number of hydrogen-bond acceptors (Lipinski definition) is 2. The molecule has 98 valence electrons. The number of hydrogen-bond donors (Lipinski definition) is 0. The van der Waals surface area contributed by atoms with Crippen LogP contribution in [0.2, 0.25) is 5.02 Å². The van der Waals surface area contributed by atoms with Crippen LogP contribution >= 0.6 is 23.4 Å². The van der Waals surface area contributed by atoms with Crippen molar-refractivity contribution >= 4 is 29.1 Å². The van der Waals surface area contributed by atoms with Crippen LogP contribution in [0.5, 0.6) is 0 Å². The highest BCUT2D eigenvalue weighted by Gasteiger charge is 2.17. The van der Waals surface area contributed by atoms with Crippen molar-refractivity contribution in [3.63, 3.8) is 0 Å². The van der Waals surface area contributed by atoms with Crippen molar-refractivity contribution in [1.82, 2.24) is 0 Å². The van der Waals surface area contributed by atoms with Gasteiger partial charge < -0.3 is 0 Å². The van der Waals surface area contributed by atoms with Crippen LogP contribution in [-0.4, -0.2) is 12.0 Å². The minimum Gasteiger partial charge on any atom is -0.289 e. The van der Waals surface area contributed by atoms with Gasteiger partial charge >= 0.3 is 0 Å². The van der Waals surface area contributed by atoms with E-state index in [2.05, 4.69) is 0 Å². The van der Waals surface area contributed by atoms with Crippen LogP contribution < -0.4 is 0 Å². The van der Waals surface area contributed by atoms with Crippen LogP contribution in [-0.2, 0) is 0 Å². The van der Waals surface area contributed by atoms with Gasteiger partial charge in [0.05, 0.1) is 5.02 Å². The highest BCUT2D eigenvalue weighted by atomic mass is 35.5. The van der Waals surface area contributed by atoms with Gasteiger partial charge in [-0.3, -0.25) is 4.79 Å². The van der Waals surface area contributed by atoms with Gasteiger partial charge in [-0.1, -0.05) is 23.7 Å². The zero-order chi connectivity index (χ0) is 14.0. The molecule has 2 rings (SSSR count). The van der Waals surface area contributed by atoms with Crippen molar-refractivity contribution in [1.29, 1.82) is 0 Å². The molecule has 4 heteroatoms. The largest absolute Gasteiger partial charge is 0.289 e. The Bertz CT molecular complexity index is 640. The number of thioether (sulfide) groups is 1. The van der Waals surface area contributed by atoms with E-state index in [0.717, 1.165) is 4.90 Å². The first-order valence-electron chi connectivity index (χ1n) is 5.68. The van der Waals surface area contributed by atoms with Crippen molar-refractivity contribution in [2.75, 3.05) is 6.26 Å². The number of rotatable bonds is 3. The molecule has 0 atom stereocenters. The van der Waals surface area contributed by atoms with E-state index >= 15 is 0 Å². The summed E-state index contributed by atoms with van der Waals surface area (Å²) in [5.41, 5.74) is 1.33. The molecule has 0 heterocycles. The van der Waals surface area contributed by atoms with Gasteiger partial charge in [-0.25, -0.2) is 4.39 Å². The van der Waals surface area contributed by atoms with Crippen LogP contribution in [0.4, 0.5) is 4.39 Å². The van der Waals surface area contributed by atoms with E-state index < -0.39 is 5.82 Å². The van der Waals surface area contributed by atoms with Crippen molar-refractivity contribution in [2.24, 2.45) is 0 Å². The van der Waals surface area contributed by atoms with Crippen molar-refractivity contribution in [3.05, 3.63) is 63.9 Å². The van der Waals surface area contributed by atoms with Gasteiger partial charge in [0.25, 0.3) is 0 Å². The fourth-order valence-corrected chi connectivity index (χ4v) is 2.64. The number of aryl methyl sites for hydroxylation is 1. The summed E-state index contributed by atoms with van der Waals surface area (Å²) in [6.45, 7) is 1.61. The first-order chi connectivity index (χ1) is 9.04. The van der Waals surface area contributed by atoms with E-state index in [1.807, 2.05) is 18.4 Å². The molecule has 0 amide bonds. The third kappa shape index (κ3) is 2.82. The normalized spacial score (nSPS) is 10.5. The van der Waals surface area contributed by atoms with Gasteiger partial charge in [-0.15, -0.1) is 11.8 Å². The Hall–Kier alpha value is -1.32. The van der Waals surface area contributed by atoms with E-state index in [-0.39, 0.29) is 10.8 Å². The second-order valence-electron chi connectivity index (χ2n) is 4.11. The molecule has 0 aliphatic rings. The molecule has 0 saturated heterocycles. The summed E-state index contributed by atoms with van der Waals surface area (Å²) in [6, 6.07) is 9.99. The van der Waals surface area contributed by atoms with Gasteiger partial charge in [0.2, 0.25) is 0 Å². The summed E-state index contributed by atoms with van der Waals surface area (Å²) in [5.74, 6) is -0.585. The molecule has 0 N–H and O–H groups in total. The lowest BCUT2D eigenvalue weighted by Gasteiger charge is -2.09. The fourth-order valence-electron chi connectivity index (χ4n) is 1.81. The maximum absolute atomic E-state index is 13.4. The lowest BCUT2D eigenvalue weighted by atomic mass is 10.0. The molecule has 0 aliphatic heterocycles. The Morgan fingerprint density at radius 1 is 1.21 bits per heavy atom. The van der Waals surface area contributed by atoms with E-state index in [9.17, 15) is 9.18 Å². The van der Waals surface area contributed by atoms with Crippen LogP contribution in [0.1, 0.15) is 21.5 Å². The summed E-state index contributed by atoms with van der Waals surface area (Å²) in [6.07, 6.45) is 1.91. The summed E-state index contributed by atoms with van der Waals surface area (Å²) in [5, 5.41) is 0.143. The first kappa shape index (κ1) is 14.1. The monoisotopic (exact) mass is 294 g/mol. The Balaban J connectivity index is 2.53. The van der Waals surface area contributed by atoms with E-state index in [0.29, 0.717) is 16.7 Å². The Morgan fingerprint density at radius 3 is 2.58 bits per heavy atom. The highest BCUT2D eigenvalue weighted by molar-refractivity contribution is 7.98. The molecule has 2 aromatic carbocycles. The van der Waals surface area contributed by atoms with Crippen molar-refractivity contribution < 1.29 is 9.18 Å². The first-order valence-corrected chi connectivity index (χ1v) is 7.28. The molecular formula is C15H12ClFOS. The molecular weight excluding hydrogens is 283 g/mol. The molecule has 0 aliphatic carbocycles. The third-order valence-electron chi connectivity index (χ3n) is 2.84. The summed E-state index contributed by atoms with van der Waals surface area (Å²) in [7, 11) is 0. The minimum absolute atomic E-state index is 0.143.